The number of ether oxygens (including phenoxy) is 1. The van der Waals surface area contributed by atoms with E-state index in [1.54, 1.807) is 6.20 Å². The number of rotatable bonds is 6. The summed E-state index contributed by atoms with van der Waals surface area (Å²) >= 11 is 4.91. The minimum absolute atomic E-state index is 0.500. The summed E-state index contributed by atoms with van der Waals surface area (Å²) in [5.74, 6) is 0.836. The summed E-state index contributed by atoms with van der Waals surface area (Å²) in [7, 11) is 0. The van der Waals surface area contributed by atoms with Gasteiger partial charge in [0, 0.05) is 27.3 Å². The largest absolute Gasteiger partial charge is 0.494 e. The molecule has 3 aromatic rings. The molecule has 0 saturated heterocycles. The molecule has 6 heteroatoms. The van der Waals surface area contributed by atoms with Crippen LogP contribution < -0.4 is 10.1 Å². The lowest BCUT2D eigenvalue weighted by Gasteiger charge is -2.06. The molecule has 1 N–H and O–H groups in total. The smallest absolute Gasteiger partial charge is 0.136 e. The number of thiazole rings is 1. The van der Waals surface area contributed by atoms with Gasteiger partial charge in [-0.25, -0.2) is 4.98 Å². The van der Waals surface area contributed by atoms with Crippen molar-refractivity contribution >= 4 is 38.5 Å². The van der Waals surface area contributed by atoms with Crippen molar-refractivity contribution in [2.45, 2.75) is 13.8 Å². The molecule has 0 aliphatic carbocycles. The van der Waals surface area contributed by atoms with Gasteiger partial charge in [-0.05, 0) is 61.9 Å². The molecule has 1 heterocycles. The normalized spacial score (nSPS) is 11.1. The van der Waals surface area contributed by atoms with E-state index in [1.807, 2.05) is 61.7 Å². The van der Waals surface area contributed by atoms with Crippen LogP contribution in [0.25, 0.3) is 16.8 Å². The second-order valence-corrected chi connectivity index (χ2v) is 7.54. The average Bonchev–Trinajstić information content (AvgIpc) is 3.14. The lowest BCUT2D eigenvalue weighted by molar-refractivity contribution is 0.340. The van der Waals surface area contributed by atoms with Gasteiger partial charge < -0.3 is 10.1 Å². The van der Waals surface area contributed by atoms with Gasteiger partial charge in [0.25, 0.3) is 0 Å². The van der Waals surface area contributed by atoms with Gasteiger partial charge in [0.1, 0.15) is 22.4 Å². The highest BCUT2D eigenvalue weighted by molar-refractivity contribution is 9.10. The molecule has 3 rings (SSSR count). The number of nitrogens with zero attached hydrogens (tertiary/aromatic N) is 2. The molecule has 0 radical (unpaired) electrons. The number of nitrogens with one attached hydrogen (secondary N) is 1. The maximum absolute atomic E-state index is 9.53. The zero-order valence-corrected chi connectivity index (χ0v) is 17.4. The summed E-state index contributed by atoms with van der Waals surface area (Å²) in [6, 6.07) is 16.0. The van der Waals surface area contributed by atoms with Crippen LogP contribution >= 0.6 is 27.3 Å². The van der Waals surface area contributed by atoms with E-state index in [4.69, 9.17) is 4.74 Å². The number of aromatic nitrogens is 1. The quantitative estimate of drug-likeness (QED) is 0.460. The van der Waals surface area contributed by atoms with Gasteiger partial charge in [-0.15, -0.1) is 11.3 Å². The number of nitriles is 1. The Kier molecular flexibility index (Phi) is 6.28. The van der Waals surface area contributed by atoms with Crippen molar-refractivity contribution in [3.8, 4) is 23.1 Å². The van der Waals surface area contributed by atoms with Crippen molar-refractivity contribution in [2.75, 3.05) is 11.9 Å². The molecule has 0 amide bonds. The molecular weight excluding hydrogens is 422 g/mol. The van der Waals surface area contributed by atoms with Gasteiger partial charge in [0.15, 0.2) is 0 Å². The van der Waals surface area contributed by atoms with Gasteiger partial charge >= 0.3 is 0 Å². The van der Waals surface area contributed by atoms with Gasteiger partial charge in [0.05, 0.1) is 12.3 Å². The van der Waals surface area contributed by atoms with Crippen LogP contribution in [-0.4, -0.2) is 11.6 Å². The van der Waals surface area contributed by atoms with Gasteiger partial charge in [-0.1, -0.05) is 15.9 Å². The van der Waals surface area contributed by atoms with Crippen LogP contribution in [0.5, 0.6) is 5.75 Å². The Morgan fingerprint density at radius 3 is 2.74 bits per heavy atom. The van der Waals surface area contributed by atoms with E-state index in [0.717, 1.165) is 32.7 Å². The Morgan fingerprint density at radius 1 is 1.30 bits per heavy atom. The zero-order valence-electron chi connectivity index (χ0n) is 15.0. The molecule has 4 nitrogen and oxygen atoms in total. The summed E-state index contributed by atoms with van der Waals surface area (Å²) in [4.78, 5) is 4.62. The monoisotopic (exact) mass is 439 g/mol. The number of anilines is 1. The Labute approximate surface area is 171 Å². The van der Waals surface area contributed by atoms with Crippen molar-refractivity contribution in [2.24, 2.45) is 0 Å². The number of allylic oxidation sites excluding steroid dienone is 1. The van der Waals surface area contributed by atoms with Crippen molar-refractivity contribution < 1.29 is 4.74 Å². The highest BCUT2D eigenvalue weighted by atomic mass is 79.9. The van der Waals surface area contributed by atoms with Crippen LogP contribution in [0, 0.1) is 18.3 Å². The Balaban J connectivity index is 1.79. The highest BCUT2D eigenvalue weighted by Crippen LogP contribution is 2.28. The third-order valence-electron chi connectivity index (χ3n) is 3.88. The second-order valence-electron chi connectivity index (χ2n) is 5.77. The first-order valence-electron chi connectivity index (χ1n) is 8.42. The minimum atomic E-state index is 0.500. The average molecular weight is 440 g/mol. The molecular formula is C21H18BrN3OS. The van der Waals surface area contributed by atoms with Crippen molar-refractivity contribution in [3.05, 3.63) is 69.1 Å². The van der Waals surface area contributed by atoms with Crippen LogP contribution in [-0.2, 0) is 0 Å². The molecule has 27 heavy (non-hydrogen) atoms. The number of aryl methyl sites for hydroxylation is 1. The lowest BCUT2D eigenvalue weighted by Crippen LogP contribution is -1.93. The molecule has 136 valence electrons. The molecule has 0 aliphatic rings. The fourth-order valence-corrected chi connectivity index (χ4v) is 3.77. The summed E-state index contributed by atoms with van der Waals surface area (Å²) in [5, 5.41) is 15.4. The fourth-order valence-electron chi connectivity index (χ4n) is 2.50. The van der Waals surface area contributed by atoms with E-state index in [1.165, 1.54) is 11.3 Å². The highest BCUT2D eigenvalue weighted by Gasteiger charge is 2.09. The van der Waals surface area contributed by atoms with Crippen LogP contribution in [0.4, 0.5) is 5.69 Å². The Morgan fingerprint density at radius 2 is 2.07 bits per heavy atom. The van der Waals surface area contributed by atoms with Crippen molar-refractivity contribution in [1.29, 1.82) is 5.26 Å². The van der Waals surface area contributed by atoms with Crippen LogP contribution in [0.2, 0.25) is 0 Å². The predicted octanol–water partition coefficient (Wildman–Crippen LogP) is 6.26. The van der Waals surface area contributed by atoms with Crippen molar-refractivity contribution in [3.63, 3.8) is 0 Å². The van der Waals surface area contributed by atoms with Gasteiger partial charge in [-0.3, -0.25) is 0 Å². The van der Waals surface area contributed by atoms with Crippen LogP contribution in [0.3, 0.4) is 0 Å². The molecule has 2 aromatic carbocycles. The molecule has 0 aliphatic heterocycles. The minimum Gasteiger partial charge on any atom is -0.494 e. The summed E-state index contributed by atoms with van der Waals surface area (Å²) in [5.41, 5.74) is 4.38. The standard InChI is InChI=1S/C21H18BrN3OS/c1-3-26-18-7-4-15(5-8-18)20-13-27-21(25-20)16(11-23)12-24-19-9-6-17(22)10-14(19)2/h4-10,12-13,24H,3H2,1-2H3. The molecule has 0 atom stereocenters. The molecule has 0 fully saturated rings. The SMILES string of the molecule is CCOc1ccc(-c2csc(C(C#N)=CNc3ccc(Br)cc3C)n2)cc1. The Bertz CT molecular complexity index is 1000. The zero-order chi connectivity index (χ0) is 19.2. The van der Waals surface area contributed by atoms with Gasteiger partial charge in [-0.2, -0.15) is 5.26 Å². The first-order valence-corrected chi connectivity index (χ1v) is 10.1. The van der Waals surface area contributed by atoms with E-state index in [9.17, 15) is 5.26 Å². The lowest BCUT2D eigenvalue weighted by atomic mass is 10.2. The maximum Gasteiger partial charge on any atom is 0.136 e. The molecule has 0 unspecified atom stereocenters. The summed E-state index contributed by atoms with van der Waals surface area (Å²) < 4.78 is 6.49. The summed E-state index contributed by atoms with van der Waals surface area (Å²) in [6.45, 7) is 4.61. The third kappa shape index (κ3) is 4.76. The number of benzene rings is 2. The third-order valence-corrected chi connectivity index (χ3v) is 5.25. The van der Waals surface area contributed by atoms with Crippen molar-refractivity contribution in [1.82, 2.24) is 4.98 Å². The van der Waals surface area contributed by atoms with E-state index in [2.05, 4.69) is 32.3 Å². The number of hydrogen-bond acceptors (Lipinski definition) is 5. The first kappa shape index (κ1) is 19.2. The van der Waals surface area contributed by atoms with E-state index in [0.29, 0.717) is 17.2 Å². The predicted molar refractivity (Wildman–Crippen MR) is 115 cm³/mol. The maximum atomic E-state index is 9.53. The summed E-state index contributed by atoms with van der Waals surface area (Å²) in [6.07, 6.45) is 1.71. The van der Waals surface area contributed by atoms with Crippen LogP contribution in [0.1, 0.15) is 17.5 Å². The molecule has 0 spiro atoms. The van der Waals surface area contributed by atoms with Gasteiger partial charge in [0.2, 0.25) is 0 Å². The first-order chi connectivity index (χ1) is 13.1. The van der Waals surface area contributed by atoms with E-state index in [-0.39, 0.29) is 0 Å². The van der Waals surface area contributed by atoms with Crippen LogP contribution in [0.15, 0.2) is 58.5 Å². The van der Waals surface area contributed by atoms with E-state index < -0.39 is 0 Å². The molecule has 1 aromatic heterocycles. The molecule has 0 bridgehead atoms. The number of hydrogen-bond donors (Lipinski definition) is 1. The van der Waals surface area contributed by atoms with E-state index >= 15 is 0 Å². The Hall–Kier alpha value is -2.62. The second kappa shape index (κ2) is 8.85. The number of halogens is 1. The molecule has 0 saturated carbocycles. The topological polar surface area (TPSA) is 57.9 Å². The fraction of sp³-hybridized carbons (Fsp3) is 0.143.